The molecule has 142 valence electrons. The minimum Gasteiger partial charge on any atom is -0.348 e. The van der Waals surface area contributed by atoms with E-state index in [0.29, 0.717) is 34.3 Å². The summed E-state index contributed by atoms with van der Waals surface area (Å²) in [4.78, 5) is 28.7. The number of carbonyl (C=O) groups is 2. The summed E-state index contributed by atoms with van der Waals surface area (Å²) in [6.07, 6.45) is 3.33. The summed E-state index contributed by atoms with van der Waals surface area (Å²) < 4.78 is 0. The highest BCUT2D eigenvalue weighted by Crippen LogP contribution is 2.22. The number of halogens is 2. The minimum absolute atomic E-state index is 0.254. The third kappa shape index (κ3) is 5.31. The molecule has 3 aromatic rings. The van der Waals surface area contributed by atoms with Crippen molar-refractivity contribution in [1.29, 1.82) is 0 Å². The van der Waals surface area contributed by atoms with Crippen molar-refractivity contribution in [2.24, 2.45) is 0 Å². The van der Waals surface area contributed by atoms with Crippen molar-refractivity contribution in [2.75, 3.05) is 0 Å². The molecule has 0 saturated heterocycles. The zero-order valence-electron chi connectivity index (χ0n) is 14.8. The maximum atomic E-state index is 12.4. The fourth-order valence-corrected chi connectivity index (χ4v) is 2.84. The van der Waals surface area contributed by atoms with E-state index in [1.165, 1.54) is 0 Å². The molecule has 0 spiro atoms. The maximum Gasteiger partial charge on any atom is 0.251 e. The second-order valence-electron chi connectivity index (χ2n) is 6.05. The van der Waals surface area contributed by atoms with Gasteiger partial charge in [0.25, 0.3) is 11.8 Å². The number of hydrogen-bond acceptors (Lipinski definition) is 3. The van der Waals surface area contributed by atoms with E-state index in [-0.39, 0.29) is 11.8 Å². The smallest absolute Gasteiger partial charge is 0.251 e. The molecule has 5 nitrogen and oxygen atoms in total. The van der Waals surface area contributed by atoms with Crippen LogP contribution in [0.4, 0.5) is 0 Å². The first-order valence-corrected chi connectivity index (χ1v) is 9.28. The topological polar surface area (TPSA) is 71.1 Å². The van der Waals surface area contributed by atoms with Crippen LogP contribution in [-0.2, 0) is 13.1 Å². The molecule has 0 fully saturated rings. The Balaban J connectivity index is 1.60. The Morgan fingerprint density at radius 2 is 1.36 bits per heavy atom. The number of nitrogens with zero attached hydrogens (tertiary/aromatic N) is 1. The predicted octanol–water partition coefficient (Wildman–Crippen LogP) is 4.25. The third-order valence-electron chi connectivity index (χ3n) is 4.03. The average Bonchev–Trinajstić information content (AvgIpc) is 2.73. The van der Waals surface area contributed by atoms with Gasteiger partial charge in [-0.25, -0.2) is 0 Å². The molecular formula is C21H17Cl2N3O2. The molecule has 0 bridgehead atoms. The predicted molar refractivity (Wildman–Crippen MR) is 109 cm³/mol. The second kappa shape index (κ2) is 9.35. The Hall–Kier alpha value is -2.89. The van der Waals surface area contributed by atoms with Crippen molar-refractivity contribution < 1.29 is 9.59 Å². The number of pyridine rings is 1. The number of benzene rings is 2. The van der Waals surface area contributed by atoms with Crippen molar-refractivity contribution in [3.63, 3.8) is 0 Å². The first kappa shape index (κ1) is 19.9. The van der Waals surface area contributed by atoms with Crippen LogP contribution >= 0.6 is 23.2 Å². The molecule has 2 aromatic carbocycles. The lowest BCUT2D eigenvalue weighted by Crippen LogP contribution is -2.25. The molecule has 1 heterocycles. The molecule has 0 atom stereocenters. The quantitative estimate of drug-likeness (QED) is 0.634. The van der Waals surface area contributed by atoms with E-state index in [1.54, 1.807) is 54.9 Å². The lowest BCUT2D eigenvalue weighted by atomic mass is 10.1. The first-order chi connectivity index (χ1) is 13.5. The Labute approximate surface area is 172 Å². The summed E-state index contributed by atoms with van der Waals surface area (Å²) in [5.41, 5.74) is 2.58. The summed E-state index contributed by atoms with van der Waals surface area (Å²) in [7, 11) is 0. The Kier molecular flexibility index (Phi) is 6.63. The second-order valence-corrected chi connectivity index (χ2v) is 6.86. The van der Waals surface area contributed by atoms with Gasteiger partial charge >= 0.3 is 0 Å². The van der Waals surface area contributed by atoms with E-state index in [1.807, 2.05) is 12.1 Å². The molecule has 2 amide bonds. The molecule has 3 rings (SSSR count). The highest BCUT2D eigenvalue weighted by atomic mass is 35.5. The molecule has 0 radical (unpaired) electrons. The first-order valence-electron chi connectivity index (χ1n) is 8.52. The van der Waals surface area contributed by atoms with Crippen molar-refractivity contribution in [2.45, 2.75) is 13.1 Å². The van der Waals surface area contributed by atoms with Crippen LogP contribution in [0, 0.1) is 0 Å². The van der Waals surface area contributed by atoms with E-state index < -0.39 is 0 Å². The van der Waals surface area contributed by atoms with Gasteiger partial charge in [0.2, 0.25) is 0 Å². The van der Waals surface area contributed by atoms with Crippen LogP contribution in [0.5, 0.6) is 0 Å². The number of nitrogens with one attached hydrogen (secondary N) is 2. The van der Waals surface area contributed by atoms with Gasteiger partial charge in [0.15, 0.2) is 0 Å². The lowest BCUT2D eigenvalue weighted by Gasteiger charge is -2.09. The fraction of sp³-hybridized carbons (Fsp3) is 0.0952. The van der Waals surface area contributed by atoms with Crippen molar-refractivity contribution in [3.05, 3.63) is 99.3 Å². The molecule has 0 aliphatic carbocycles. The zero-order chi connectivity index (χ0) is 19.9. The molecule has 0 saturated carbocycles. The molecular weight excluding hydrogens is 397 g/mol. The van der Waals surface area contributed by atoms with Gasteiger partial charge in [-0.05, 0) is 53.6 Å². The van der Waals surface area contributed by atoms with Crippen molar-refractivity contribution >= 4 is 35.0 Å². The van der Waals surface area contributed by atoms with Gasteiger partial charge in [0.1, 0.15) is 0 Å². The molecule has 2 N–H and O–H groups in total. The fourth-order valence-electron chi connectivity index (χ4n) is 2.52. The molecule has 0 aliphatic heterocycles. The van der Waals surface area contributed by atoms with E-state index in [9.17, 15) is 9.59 Å². The highest BCUT2D eigenvalue weighted by molar-refractivity contribution is 6.42. The largest absolute Gasteiger partial charge is 0.348 e. The monoisotopic (exact) mass is 413 g/mol. The molecule has 0 aliphatic rings. The van der Waals surface area contributed by atoms with Gasteiger partial charge in [0, 0.05) is 36.6 Å². The van der Waals surface area contributed by atoms with Crippen LogP contribution in [0.25, 0.3) is 0 Å². The van der Waals surface area contributed by atoms with E-state index in [0.717, 1.165) is 11.1 Å². The zero-order valence-corrected chi connectivity index (χ0v) is 16.3. The highest BCUT2D eigenvalue weighted by Gasteiger charge is 2.11. The summed E-state index contributed by atoms with van der Waals surface area (Å²) in [6, 6.07) is 15.4. The SMILES string of the molecule is O=C(NCc1ccncc1)c1cccc(C(=O)NCc2ccc(Cl)c(Cl)c2)c1. The van der Waals surface area contributed by atoms with Gasteiger partial charge < -0.3 is 10.6 Å². The summed E-state index contributed by atoms with van der Waals surface area (Å²) >= 11 is 11.9. The number of amides is 2. The molecule has 7 heteroatoms. The van der Waals surface area contributed by atoms with Gasteiger partial charge in [-0.2, -0.15) is 0 Å². The summed E-state index contributed by atoms with van der Waals surface area (Å²) in [5.74, 6) is -0.536. The molecule has 0 unspecified atom stereocenters. The number of hydrogen-bond donors (Lipinski definition) is 2. The molecule has 28 heavy (non-hydrogen) atoms. The Morgan fingerprint density at radius 1 is 0.750 bits per heavy atom. The van der Waals surface area contributed by atoms with Crippen molar-refractivity contribution in [3.8, 4) is 0 Å². The number of carbonyl (C=O) groups excluding carboxylic acids is 2. The standard InChI is InChI=1S/C21H17Cl2N3O2/c22-18-5-4-15(10-19(18)23)13-26-21(28)17-3-1-2-16(11-17)20(27)25-12-14-6-8-24-9-7-14/h1-11H,12-13H2,(H,25,27)(H,26,28). The van der Waals surface area contributed by atoms with Crippen LogP contribution in [-0.4, -0.2) is 16.8 Å². The lowest BCUT2D eigenvalue weighted by molar-refractivity contribution is 0.0950. The van der Waals surface area contributed by atoms with Gasteiger partial charge in [-0.3, -0.25) is 14.6 Å². The third-order valence-corrected chi connectivity index (χ3v) is 4.77. The number of rotatable bonds is 6. The van der Waals surface area contributed by atoms with E-state index in [4.69, 9.17) is 23.2 Å². The van der Waals surface area contributed by atoms with Crippen LogP contribution < -0.4 is 10.6 Å². The summed E-state index contributed by atoms with van der Waals surface area (Å²) in [5, 5.41) is 6.52. The van der Waals surface area contributed by atoms with E-state index >= 15 is 0 Å². The van der Waals surface area contributed by atoms with Crippen LogP contribution in [0.15, 0.2) is 67.0 Å². The normalized spacial score (nSPS) is 10.4. The van der Waals surface area contributed by atoms with Crippen molar-refractivity contribution in [1.82, 2.24) is 15.6 Å². The van der Waals surface area contributed by atoms with Gasteiger partial charge in [-0.1, -0.05) is 35.3 Å². The van der Waals surface area contributed by atoms with Gasteiger partial charge in [0.05, 0.1) is 10.0 Å². The average molecular weight is 414 g/mol. The van der Waals surface area contributed by atoms with Gasteiger partial charge in [-0.15, -0.1) is 0 Å². The van der Waals surface area contributed by atoms with Crippen LogP contribution in [0.3, 0.4) is 0 Å². The minimum atomic E-state index is -0.283. The molecule has 1 aromatic heterocycles. The Morgan fingerprint density at radius 3 is 1.96 bits per heavy atom. The van der Waals surface area contributed by atoms with Crippen LogP contribution in [0.1, 0.15) is 31.8 Å². The number of aromatic nitrogens is 1. The summed E-state index contributed by atoms with van der Waals surface area (Å²) in [6.45, 7) is 0.684. The maximum absolute atomic E-state index is 12.4. The van der Waals surface area contributed by atoms with E-state index in [2.05, 4.69) is 15.6 Å². The Bertz CT molecular complexity index is 994. The van der Waals surface area contributed by atoms with Crippen LogP contribution in [0.2, 0.25) is 10.0 Å².